The van der Waals surface area contributed by atoms with Crippen LogP contribution in [0.4, 0.5) is 9.93 Å². The zero-order chi connectivity index (χ0) is 23.1. The Bertz CT molecular complexity index is 894. The third-order valence-electron chi connectivity index (χ3n) is 5.37. The first-order valence-corrected chi connectivity index (χ1v) is 12.0. The molecule has 1 fully saturated rings. The van der Waals surface area contributed by atoms with Crippen LogP contribution in [0, 0.1) is 0 Å². The Kier molecular flexibility index (Phi) is 8.26. The Labute approximate surface area is 194 Å². The maximum Gasteiger partial charge on any atom is 0.408 e. The van der Waals surface area contributed by atoms with Gasteiger partial charge in [0.1, 0.15) is 11.6 Å². The van der Waals surface area contributed by atoms with E-state index in [-0.39, 0.29) is 5.91 Å². The SMILES string of the molecule is CC1CCCCN1Cc1cnc(NC(=O)C(Cc2ccccc2)NC(=O)OC(C)(C)C)s1. The van der Waals surface area contributed by atoms with Gasteiger partial charge in [0.05, 0.1) is 0 Å². The number of carbonyl (C=O) groups excluding carboxylic acids is 2. The first-order valence-electron chi connectivity index (χ1n) is 11.2. The number of rotatable bonds is 7. The molecule has 0 saturated carbocycles. The lowest BCUT2D eigenvalue weighted by atomic mass is 10.0. The molecule has 1 aromatic carbocycles. The Morgan fingerprint density at radius 2 is 2.00 bits per heavy atom. The summed E-state index contributed by atoms with van der Waals surface area (Å²) in [5.41, 5.74) is 0.302. The highest BCUT2D eigenvalue weighted by Gasteiger charge is 2.26. The van der Waals surface area contributed by atoms with Gasteiger partial charge in [0, 0.05) is 30.1 Å². The Morgan fingerprint density at radius 3 is 2.69 bits per heavy atom. The summed E-state index contributed by atoms with van der Waals surface area (Å²) in [5.74, 6) is -0.313. The van der Waals surface area contributed by atoms with E-state index in [9.17, 15) is 9.59 Å². The molecule has 1 aromatic heterocycles. The van der Waals surface area contributed by atoms with Crippen molar-refractivity contribution in [3.05, 3.63) is 47.0 Å². The van der Waals surface area contributed by atoms with Gasteiger partial charge in [-0.3, -0.25) is 9.69 Å². The summed E-state index contributed by atoms with van der Waals surface area (Å²) in [7, 11) is 0. The van der Waals surface area contributed by atoms with E-state index in [1.807, 2.05) is 36.5 Å². The van der Waals surface area contributed by atoms with Gasteiger partial charge in [-0.05, 0) is 52.6 Å². The molecule has 0 bridgehead atoms. The second kappa shape index (κ2) is 10.9. The summed E-state index contributed by atoms with van der Waals surface area (Å²) in [4.78, 5) is 33.4. The molecule has 1 aliphatic heterocycles. The van der Waals surface area contributed by atoms with Gasteiger partial charge < -0.3 is 15.4 Å². The molecule has 174 valence electrons. The highest BCUT2D eigenvalue weighted by atomic mass is 32.1. The van der Waals surface area contributed by atoms with E-state index in [0.717, 1.165) is 23.5 Å². The van der Waals surface area contributed by atoms with Crippen molar-refractivity contribution in [2.24, 2.45) is 0 Å². The van der Waals surface area contributed by atoms with Gasteiger partial charge in [0.15, 0.2) is 5.13 Å². The lowest BCUT2D eigenvalue weighted by Gasteiger charge is -2.32. The van der Waals surface area contributed by atoms with Crippen molar-refractivity contribution in [1.82, 2.24) is 15.2 Å². The smallest absolute Gasteiger partial charge is 0.408 e. The van der Waals surface area contributed by atoms with Crippen LogP contribution in [0.5, 0.6) is 0 Å². The number of ether oxygens (including phenoxy) is 1. The number of piperidine rings is 1. The second-order valence-electron chi connectivity index (χ2n) is 9.32. The maximum atomic E-state index is 13.0. The van der Waals surface area contributed by atoms with Gasteiger partial charge in [0.25, 0.3) is 0 Å². The summed E-state index contributed by atoms with van der Waals surface area (Å²) >= 11 is 1.48. The van der Waals surface area contributed by atoms with Gasteiger partial charge in [-0.15, -0.1) is 11.3 Å². The number of carbonyl (C=O) groups is 2. The number of nitrogens with zero attached hydrogens (tertiary/aromatic N) is 2. The van der Waals surface area contributed by atoms with Crippen LogP contribution in [0.2, 0.25) is 0 Å². The minimum atomic E-state index is -0.776. The minimum Gasteiger partial charge on any atom is -0.444 e. The molecule has 1 saturated heterocycles. The number of aromatic nitrogens is 1. The van der Waals surface area contributed by atoms with Crippen molar-refractivity contribution >= 4 is 28.5 Å². The highest BCUT2D eigenvalue weighted by molar-refractivity contribution is 7.15. The fourth-order valence-electron chi connectivity index (χ4n) is 3.73. The molecule has 3 rings (SSSR count). The molecular formula is C24H34N4O3S. The minimum absolute atomic E-state index is 0.313. The topological polar surface area (TPSA) is 83.6 Å². The number of thiazole rings is 1. The molecule has 2 N–H and O–H groups in total. The number of hydrogen-bond acceptors (Lipinski definition) is 6. The van der Waals surface area contributed by atoms with Crippen molar-refractivity contribution in [3.8, 4) is 0 Å². The molecule has 8 heteroatoms. The van der Waals surface area contributed by atoms with Gasteiger partial charge >= 0.3 is 6.09 Å². The fourth-order valence-corrected chi connectivity index (χ4v) is 4.57. The molecular weight excluding hydrogens is 424 g/mol. The molecule has 2 heterocycles. The quantitative estimate of drug-likeness (QED) is 0.634. The summed E-state index contributed by atoms with van der Waals surface area (Å²) in [5, 5.41) is 6.14. The average Bonchev–Trinajstić information content (AvgIpc) is 3.15. The summed E-state index contributed by atoms with van der Waals surface area (Å²) < 4.78 is 5.36. The van der Waals surface area contributed by atoms with E-state index in [1.165, 1.54) is 30.6 Å². The van der Waals surface area contributed by atoms with Crippen molar-refractivity contribution < 1.29 is 14.3 Å². The van der Waals surface area contributed by atoms with Crippen LogP contribution in [0.1, 0.15) is 57.4 Å². The summed E-state index contributed by atoms with van der Waals surface area (Å²) in [6.45, 7) is 9.58. The molecule has 7 nitrogen and oxygen atoms in total. The largest absolute Gasteiger partial charge is 0.444 e. The summed E-state index contributed by atoms with van der Waals surface area (Å²) in [6, 6.07) is 9.38. The standard InChI is InChI=1S/C24H34N4O3S/c1-17-10-8-9-13-28(17)16-19-15-25-22(32-19)27-21(29)20(14-18-11-6-5-7-12-18)26-23(30)31-24(2,3)4/h5-7,11-12,15,17,20H,8-10,13-14,16H2,1-4H3,(H,26,30)(H,25,27,29). The number of hydrogen-bond donors (Lipinski definition) is 2. The number of amides is 2. The molecule has 2 unspecified atom stereocenters. The van der Waals surface area contributed by atoms with Crippen molar-refractivity contribution in [3.63, 3.8) is 0 Å². The number of benzene rings is 1. The van der Waals surface area contributed by atoms with Crippen LogP contribution in [0.25, 0.3) is 0 Å². The number of likely N-dealkylation sites (tertiary alicyclic amines) is 1. The van der Waals surface area contributed by atoms with E-state index in [4.69, 9.17) is 4.74 Å². The van der Waals surface area contributed by atoms with Crippen LogP contribution in [-0.2, 0) is 22.5 Å². The van der Waals surface area contributed by atoms with Gasteiger partial charge in [-0.2, -0.15) is 0 Å². The first kappa shape index (κ1) is 24.2. The lowest BCUT2D eigenvalue weighted by molar-refractivity contribution is -0.118. The first-order chi connectivity index (χ1) is 15.2. The normalized spacial score (nSPS) is 18.1. The Balaban J connectivity index is 1.64. The van der Waals surface area contributed by atoms with E-state index < -0.39 is 17.7 Å². The highest BCUT2D eigenvalue weighted by Crippen LogP contribution is 2.24. The third-order valence-corrected chi connectivity index (χ3v) is 6.27. The average molecular weight is 459 g/mol. The number of alkyl carbamates (subject to hydrolysis) is 1. The maximum absolute atomic E-state index is 13.0. The molecule has 2 atom stereocenters. The molecule has 0 spiro atoms. The molecule has 2 aromatic rings. The van der Waals surface area contributed by atoms with Crippen molar-refractivity contribution in [2.75, 3.05) is 11.9 Å². The second-order valence-corrected chi connectivity index (χ2v) is 10.4. The van der Waals surface area contributed by atoms with E-state index in [0.29, 0.717) is 17.6 Å². The molecule has 0 aliphatic carbocycles. The predicted octanol–water partition coefficient (Wildman–Crippen LogP) is 4.59. The van der Waals surface area contributed by atoms with Crippen molar-refractivity contribution in [2.45, 2.75) is 77.6 Å². The van der Waals surface area contributed by atoms with Crippen LogP contribution in [-0.4, -0.2) is 46.1 Å². The van der Waals surface area contributed by atoms with Gasteiger partial charge in [-0.1, -0.05) is 36.8 Å². The third kappa shape index (κ3) is 7.60. The fraction of sp³-hybridized carbons (Fsp3) is 0.542. The lowest BCUT2D eigenvalue weighted by Crippen LogP contribution is -2.47. The molecule has 1 aliphatic rings. The number of nitrogens with one attached hydrogen (secondary N) is 2. The predicted molar refractivity (Wildman–Crippen MR) is 128 cm³/mol. The van der Waals surface area contributed by atoms with Gasteiger partial charge in [0.2, 0.25) is 5.91 Å². The Morgan fingerprint density at radius 1 is 1.25 bits per heavy atom. The van der Waals surface area contributed by atoms with Crippen molar-refractivity contribution in [1.29, 1.82) is 0 Å². The zero-order valence-corrected chi connectivity index (χ0v) is 20.2. The Hall–Kier alpha value is -2.45. The summed E-state index contributed by atoms with van der Waals surface area (Å²) in [6.07, 6.45) is 5.30. The zero-order valence-electron chi connectivity index (χ0n) is 19.4. The van der Waals surface area contributed by atoms with Crippen LogP contribution in [0.3, 0.4) is 0 Å². The molecule has 2 amide bonds. The van der Waals surface area contributed by atoms with E-state index >= 15 is 0 Å². The van der Waals surface area contributed by atoms with E-state index in [2.05, 4.69) is 27.4 Å². The molecule has 32 heavy (non-hydrogen) atoms. The van der Waals surface area contributed by atoms with Crippen LogP contribution < -0.4 is 10.6 Å². The van der Waals surface area contributed by atoms with Crippen LogP contribution in [0.15, 0.2) is 36.5 Å². The van der Waals surface area contributed by atoms with E-state index in [1.54, 1.807) is 20.8 Å². The molecule has 0 radical (unpaired) electrons. The van der Waals surface area contributed by atoms with Gasteiger partial charge in [-0.25, -0.2) is 9.78 Å². The monoisotopic (exact) mass is 458 g/mol. The van der Waals surface area contributed by atoms with Crippen LogP contribution >= 0.6 is 11.3 Å². The number of anilines is 1.